The third kappa shape index (κ3) is 5.33. The summed E-state index contributed by atoms with van der Waals surface area (Å²) in [6, 6.07) is 28.8. The molecule has 0 amide bonds. The molecule has 1 aliphatic heterocycles. The van der Waals surface area contributed by atoms with Gasteiger partial charge in [0, 0.05) is 24.7 Å². The van der Waals surface area contributed by atoms with E-state index < -0.39 is 8.32 Å². The Labute approximate surface area is 220 Å². The highest BCUT2D eigenvalue weighted by Gasteiger charge is 2.47. The molecule has 1 unspecified atom stereocenters. The number of nitrogens with zero attached hydrogens (tertiary/aromatic N) is 1. The Hall–Kier alpha value is -2.36. The average Bonchev–Trinajstić information content (AvgIpc) is 3.20. The van der Waals surface area contributed by atoms with Gasteiger partial charge < -0.3 is 9.33 Å². The van der Waals surface area contributed by atoms with Gasteiger partial charge in [0.05, 0.1) is 6.10 Å². The van der Waals surface area contributed by atoms with Crippen molar-refractivity contribution >= 4 is 14.0 Å². The van der Waals surface area contributed by atoms with E-state index in [1.54, 1.807) is 0 Å². The minimum atomic E-state index is -2.04. The van der Waals surface area contributed by atoms with Gasteiger partial charge in [-0.15, -0.1) is 0 Å². The monoisotopic (exact) mass is 499 g/mol. The van der Waals surface area contributed by atoms with Gasteiger partial charge in [0.1, 0.15) is 0 Å². The highest BCUT2D eigenvalue weighted by atomic mass is 28.4. The average molecular weight is 500 g/mol. The van der Waals surface area contributed by atoms with Gasteiger partial charge in [-0.25, -0.2) is 0 Å². The first kappa shape index (κ1) is 26.7. The molecule has 0 aliphatic carbocycles. The van der Waals surface area contributed by atoms with E-state index in [4.69, 9.17) is 4.43 Å². The van der Waals surface area contributed by atoms with Crippen molar-refractivity contribution in [2.75, 3.05) is 11.4 Å². The van der Waals surface area contributed by atoms with Crippen molar-refractivity contribution in [2.24, 2.45) is 0 Å². The molecule has 3 heteroatoms. The lowest BCUT2D eigenvalue weighted by molar-refractivity contribution is 0.158. The summed E-state index contributed by atoms with van der Waals surface area (Å²) in [6.07, 6.45) is 1.13. The van der Waals surface area contributed by atoms with E-state index in [0.29, 0.717) is 22.5 Å². The Morgan fingerprint density at radius 1 is 0.778 bits per heavy atom. The number of benzene rings is 3. The van der Waals surface area contributed by atoms with Crippen LogP contribution in [0, 0.1) is 6.92 Å². The van der Waals surface area contributed by atoms with E-state index in [2.05, 4.69) is 132 Å². The molecule has 0 spiro atoms. The zero-order valence-corrected chi connectivity index (χ0v) is 24.4. The summed E-state index contributed by atoms with van der Waals surface area (Å²) < 4.78 is 7.49. The lowest BCUT2D eigenvalue weighted by atomic mass is 9.91. The van der Waals surface area contributed by atoms with Gasteiger partial charge in [-0.1, -0.05) is 120 Å². The first-order valence-corrected chi connectivity index (χ1v) is 16.0. The Bertz CT molecular complexity index is 1090. The molecule has 192 valence electrons. The molecule has 3 aromatic rings. The Morgan fingerprint density at radius 3 is 1.94 bits per heavy atom. The molecule has 0 bridgehead atoms. The van der Waals surface area contributed by atoms with Crippen molar-refractivity contribution in [3.8, 4) is 0 Å². The summed E-state index contributed by atoms with van der Waals surface area (Å²) in [5, 5.41) is 0. The topological polar surface area (TPSA) is 12.5 Å². The molecule has 1 heterocycles. The molecule has 0 radical (unpaired) electrons. The van der Waals surface area contributed by atoms with Crippen LogP contribution in [0.25, 0.3) is 0 Å². The van der Waals surface area contributed by atoms with Crippen LogP contribution in [0.15, 0.2) is 78.9 Å². The van der Waals surface area contributed by atoms with Gasteiger partial charge in [-0.05, 0) is 52.2 Å². The van der Waals surface area contributed by atoms with Gasteiger partial charge in [-0.3, -0.25) is 0 Å². The molecular formula is C33H45NOSi. The SMILES string of the molecule is Cc1cccc2c1N(Cc1ccccc1)CC2C[C@H](O[Si](C(C)C)(C(C)C)C(C)C)c1ccccc1. The smallest absolute Gasteiger partial charge is 0.201 e. The predicted molar refractivity (Wildman–Crippen MR) is 157 cm³/mol. The van der Waals surface area contributed by atoms with Crippen LogP contribution < -0.4 is 4.90 Å². The van der Waals surface area contributed by atoms with Crippen LogP contribution in [0.4, 0.5) is 5.69 Å². The summed E-state index contributed by atoms with van der Waals surface area (Å²) >= 11 is 0. The first-order chi connectivity index (χ1) is 17.2. The molecule has 0 saturated heterocycles. The summed E-state index contributed by atoms with van der Waals surface area (Å²) in [5.74, 6) is 0.451. The molecule has 4 rings (SSSR count). The maximum atomic E-state index is 7.49. The van der Waals surface area contributed by atoms with Crippen LogP contribution >= 0.6 is 0 Å². The van der Waals surface area contributed by atoms with E-state index >= 15 is 0 Å². The molecule has 36 heavy (non-hydrogen) atoms. The summed E-state index contributed by atoms with van der Waals surface area (Å²) in [6.45, 7) is 18.6. The summed E-state index contributed by atoms with van der Waals surface area (Å²) in [5.41, 5.74) is 8.68. The zero-order valence-electron chi connectivity index (χ0n) is 23.4. The number of rotatable bonds is 10. The van der Waals surface area contributed by atoms with E-state index in [0.717, 1.165) is 19.5 Å². The number of anilines is 1. The molecule has 0 saturated carbocycles. The number of hydrogen-bond donors (Lipinski definition) is 0. The van der Waals surface area contributed by atoms with E-state index in [-0.39, 0.29) is 6.10 Å². The maximum Gasteiger partial charge on any atom is 0.201 e. The normalized spacial score (nSPS) is 16.7. The molecule has 2 atom stereocenters. The third-order valence-electron chi connectivity index (χ3n) is 8.41. The minimum Gasteiger partial charge on any atom is -0.409 e. The highest BCUT2D eigenvalue weighted by Crippen LogP contribution is 2.49. The van der Waals surface area contributed by atoms with Crippen molar-refractivity contribution in [1.29, 1.82) is 0 Å². The number of fused-ring (bicyclic) bond motifs is 1. The summed E-state index contributed by atoms with van der Waals surface area (Å²) in [4.78, 5) is 2.60. The molecule has 0 fully saturated rings. The lowest BCUT2D eigenvalue weighted by Crippen LogP contribution is -2.48. The Kier molecular flexibility index (Phi) is 8.42. The second kappa shape index (κ2) is 11.4. The van der Waals surface area contributed by atoms with Crippen LogP contribution in [0.1, 0.15) is 82.2 Å². The number of aryl methyl sites for hydroxylation is 1. The highest BCUT2D eigenvalue weighted by molar-refractivity contribution is 6.77. The third-order valence-corrected chi connectivity index (χ3v) is 14.5. The van der Waals surface area contributed by atoms with Crippen molar-refractivity contribution < 1.29 is 4.43 Å². The van der Waals surface area contributed by atoms with Crippen LogP contribution in [-0.2, 0) is 11.0 Å². The Balaban J connectivity index is 1.69. The van der Waals surface area contributed by atoms with Crippen molar-refractivity contribution in [1.82, 2.24) is 0 Å². The van der Waals surface area contributed by atoms with Crippen molar-refractivity contribution in [2.45, 2.75) is 90.1 Å². The van der Waals surface area contributed by atoms with Gasteiger partial charge in [0.15, 0.2) is 0 Å². The fourth-order valence-electron chi connectivity index (χ4n) is 6.88. The van der Waals surface area contributed by atoms with Crippen molar-refractivity contribution in [3.63, 3.8) is 0 Å². The van der Waals surface area contributed by atoms with Crippen molar-refractivity contribution in [3.05, 3.63) is 101 Å². The predicted octanol–water partition coefficient (Wildman–Crippen LogP) is 9.42. The lowest BCUT2D eigenvalue weighted by Gasteiger charge is -2.45. The standard InChI is InChI=1S/C33H45NOSi/c1-24(2)36(25(3)4,26(5)6)35-32(29-18-12-9-13-19-29)21-30-23-34(22-28-16-10-8-11-17-28)33-27(7)15-14-20-31(30)33/h8-20,24-26,30,32H,21-23H2,1-7H3/t30?,32-/m0/s1. The largest absolute Gasteiger partial charge is 0.409 e. The quantitative estimate of drug-likeness (QED) is 0.258. The van der Waals surface area contributed by atoms with E-state index in [1.807, 2.05) is 0 Å². The maximum absolute atomic E-state index is 7.49. The fourth-order valence-corrected chi connectivity index (χ4v) is 12.4. The zero-order chi connectivity index (χ0) is 25.9. The van der Waals surface area contributed by atoms with Crippen LogP contribution in [-0.4, -0.2) is 14.9 Å². The molecular weight excluding hydrogens is 454 g/mol. The second-order valence-electron chi connectivity index (χ2n) is 11.6. The van der Waals surface area contributed by atoms with Gasteiger partial charge in [-0.2, -0.15) is 0 Å². The van der Waals surface area contributed by atoms with Gasteiger partial charge >= 0.3 is 0 Å². The molecule has 0 N–H and O–H groups in total. The van der Waals surface area contributed by atoms with E-state index in [1.165, 1.54) is 27.9 Å². The molecule has 3 aromatic carbocycles. The molecule has 0 aromatic heterocycles. The van der Waals surface area contributed by atoms with Gasteiger partial charge in [0.2, 0.25) is 8.32 Å². The van der Waals surface area contributed by atoms with Crippen LogP contribution in [0.2, 0.25) is 16.6 Å². The first-order valence-electron chi connectivity index (χ1n) is 13.8. The second-order valence-corrected chi connectivity index (χ2v) is 17.1. The number of hydrogen-bond acceptors (Lipinski definition) is 2. The van der Waals surface area contributed by atoms with E-state index in [9.17, 15) is 0 Å². The number of para-hydroxylation sites is 1. The molecule has 1 aliphatic rings. The van der Waals surface area contributed by atoms with Gasteiger partial charge in [0.25, 0.3) is 0 Å². The minimum absolute atomic E-state index is 0.111. The Morgan fingerprint density at radius 2 is 1.36 bits per heavy atom. The molecule has 2 nitrogen and oxygen atoms in total. The van der Waals surface area contributed by atoms with Crippen LogP contribution in [0.5, 0.6) is 0 Å². The fraction of sp³-hybridized carbons (Fsp3) is 0.455. The van der Waals surface area contributed by atoms with Crippen LogP contribution in [0.3, 0.4) is 0 Å². The summed E-state index contributed by atoms with van der Waals surface area (Å²) in [7, 11) is -2.04.